The van der Waals surface area contributed by atoms with Crippen LogP contribution >= 0.6 is 0 Å². The molecule has 0 aliphatic heterocycles. The summed E-state index contributed by atoms with van der Waals surface area (Å²) >= 11 is 0. The molecule has 0 amide bonds. The maximum absolute atomic E-state index is 12.4. The van der Waals surface area contributed by atoms with Crippen molar-refractivity contribution in [2.75, 3.05) is 0 Å². The summed E-state index contributed by atoms with van der Waals surface area (Å²) in [5.74, 6) is -2.45. The Kier molecular flexibility index (Phi) is 2.86. The van der Waals surface area contributed by atoms with Crippen molar-refractivity contribution >= 4 is 0 Å². The highest BCUT2D eigenvalue weighted by Crippen LogP contribution is 2.20. The van der Waals surface area contributed by atoms with Crippen LogP contribution in [0.1, 0.15) is 18.9 Å². The Morgan fingerprint density at radius 2 is 1.77 bits per heavy atom. The van der Waals surface area contributed by atoms with Gasteiger partial charge in [-0.2, -0.15) is 0 Å². The highest BCUT2D eigenvalue weighted by Gasteiger charge is 2.20. The third-order valence-electron chi connectivity index (χ3n) is 1.79. The number of benzene rings is 1. The van der Waals surface area contributed by atoms with Gasteiger partial charge in [0.1, 0.15) is 5.75 Å². The van der Waals surface area contributed by atoms with Crippen molar-refractivity contribution in [3.05, 3.63) is 29.8 Å². The van der Waals surface area contributed by atoms with Crippen LogP contribution in [0.25, 0.3) is 0 Å². The molecule has 1 aromatic carbocycles. The van der Waals surface area contributed by atoms with Crippen LogP contribution in [0.3, 0.4) is 0 Å². The normalized spacial score (nSPS) is 11.6. The third-order valence-corrected chi connectivity index (χ3v) is 1.79. The molecule has 0 saturated heterocycles. The Morgan fingerprint density at radius 1 is 1.23 bits per heavy atom. The maximum atomic E-state index is 12.4. The fraction of sp³-hybridized carbons (Fsp3) is 0.400. The molecule has 0 radical (unpaired) electrons. The highest BCUT2D eigenvalue weighted by atomic mass is 19.3. The lowest BCUT2D eigenvalue weighted by molar-refractivity contribution is 0.0133. The lowest BCUT2D eigenvalue weighted by Crippen LogP contribution is -2.10. The molecule has 1 nitrogen and oxygen atoms in total. The maximum Gasteiger partial charge on any atom is 0.245 e. The number of aromatic hydroxyl groups is 1. The third kappa shape index (κ3) is 3.87. The second kappa shape index (κ2) is 3.73. The Bertz CT molecular complexity index is 261. The van der Waals surface area contributed by atoms with Gasteiger partial charge in [0.25, 0.3) is 0 Å². The van der Waals surface area contributed by atoms with E-state index in [0.717, 1.165) is 12.5 Å². The van der Waals surface area contributed by atoms with Crippen molar-refractivity contribution in [2.24, 2.45) is 0 Å². The van der Waals surface area contributed by atoms with Gasteiger partial charge >= 0.3 is 0 Å². The van der Waals surface area contributed by atoms with Gasteiger partial charge in [-0.3, -0.25) is 0 Å². The Balaban J connectivity index is 2.51. The number of alkyl halides is 2. The molecule has 72 valence electrons. The van der Waals surface area contributed by atoms with Gasteiger partial charge in [-0.05, 0) is 31.0 Å². The predicted octanol–water partition coefficient (Wildman–Crippen LogP) is 2.98. The van der Waals surface area contributed by atoms with Crippen LogP contribution in [0.4, 0.5) is 8.78 Å². The molecule has 0 aliphatic rings. The molecule has 0 spiro atoms. The number of hydrogen-bond acceptors (Lipinski definition) is 1. The second-order valence-electron chi connectivity index (χ2n) is 3.24. The van der Waals surface area contributed by atoms with E-state index < -0.39 is 5.92 Å². The number of phenolic OH excluding ortho intramolecular Hbond substituents is 1. The van der Waals surface area contributed by atoms with Crippen LogP contribution in [0, 0.1) is 0 Å². The van der Waals surface area contributed by atoms with Gasteiger partial charge < -0.3 is 5.11 Å². The zero-order chi connectivity index (χ0) is 9.90. The minimum atomic E-state index is -2.61. The van der Waals surface area contributed by atoms with Crippen LogP contribution in [0.5, 0.6) is 5.75 Å². The first-order valence-corrected chi connectivity index (χ1v) is 4.13. The number of rotatable bonds is 3. The van der Waals surface area contributed by atoms with E-state index in [9.17, 15) is 8.78 Å². The molecule has 3 heteroatoms. The summed E-state index contributed by atoms with van der Waals surface area (Å²) in [6.45, 7) is 0.910. The molecule has 0 saturated carbocycles. The van der Waals surface area contributed by atoms with Crippen LogP contribution in [-0.2, 0) is 6.42 Å². The molecule has 1 N–H and O–H groups in total. The standard InChI is InChI=1S/C10H12F2O/c1-10(11,12)7-6-8-2-4-9(13)5-3-8/h2-5,13H,6-7H2,1H3. The predicted molar refractivity (Wildman–Crippen MR) is 47.0 cm³/mol. The van der Waals surface area contributed by atoms with Crippen molar-refractivity contribution in [2.45, 2.75) is 25.7 Å². The van der Waals surface area contributed by atoms with Crippen LogP contribution < -0.4 is 0 Å². The first kappa shape index (κ1) is 9.96. The Morgan fingerprint density at radius 3 is 2.23 bits per heavy atom. The van der Waals surface area contributed by atoms with Crippen molar-refractivity contribution in [1.82, 2.24) is 0 Å². The van der Waals surface area contributed by atoms with Gasteiger partial charge in [-0.15, -0.1) is 0 Å². The Labute approximate surface area is 76.0 Å². The van der Waals surface area contributed by atoms with E-state index >= 15 is 0 Å². The summed E-state index contributed by atoms with van der Waals surface area (Å²) in [6.07, 6.45) is 0.182. The number of aryl methyl sites for hydroxylation is 1. The molecule has 1 rings (SSSR count). The summed E-state index contributed by atoms with van der Waals surface area (Å²) in [5.41, 5.74) is 0.819. The first-order valence-electron chi connectivity index (χ1n) is 4.13. The lowest BCUT2D eigenvalue weighted by Gasteiger charge is -2.09. The minimum absolute atomic E-state index is 0.155. The van der Waals surface area contributed by atoms with Crippen LogP contribution in [0.15, 0.2) is 24.3 Å². The molecule has 13 heavy (non-hydrogen) atoms. The monoisotopic (exact) mass is 186 g/mol. The summed E-state index contributed by atoms with van der Waals surface area (Å²) in [7, 11) is 0. The van der Waals surface area contributed by atoms with Gasteiger partial charge in [-0.25, -0.2) is 8.78 Å². The van der Waals surface area contributed by atoms with E-state index in [4.69, 9.17) is 5.11 Å². The van der Waals surface area contributed by atoms with Crippen LogP contribution in [-0.4, -0.2) is 11.0 Å². The molecule has 0 aliphatic carbocycles. The summed E-state index contributed by atoms with van der Waals surface area (Å²) in [4.78, 5) is 0. The highest BCUT2D eigenvalue weighted by molar-refractivity contribution is 5.25. The summed E-state index contributed by atoms with van der Waals surface area (Å²) in [5, 5.41) is 8.94. The number of halogens is 2. The molecule has 0 fully saturated rings. The quantitative estimate of drug-likeness (QED) is 0.769. The van der Waals surface area contributed by atoms with Crippen molar-refractivity contribution in [1.29, 1.82) is 0 Å². The van der Waals surface area contributed by atoms with Gasteiger partial charge in [0, 0.05) is 6.42 Å². The zero-order valence-corrected chi connectivity index (χ0v) is 7.43. The van der Waals surface area contributed by atoms with E-state index in [-0.39, 0.29) is 12.2 Å². The SMILES string of the molecule is CC(F)(F)CCc1ccc(O)cc1. The average molecular weight is 186 g/mol. The van der Waals surface area contributed by atoms with Crippen molar-refractivity contribution in [3.8, 4) is 5.75 Å². The smallest absolute Gasteiger partial charge is 0.245 e. The molecule has 1 aromatic rings. The minimum Gasteiger partial charge on any atom is -0.508 e. The summed E-state index contributed by atoms with van der Waals surface area (Å²) < 4.78 is 24.9. The lowest BCUT2D eigenvalue weighted by atomic mass is 10.1. The van der Waals surface area contributed by atoms with Gasteiger partial charge in [0.2, 0.25) is 5.92 Å². The van der Waals surface area contributed by atoms with Crippen LogP contribution in [0.2, 0.25) is 0 Å². The molecule has 0 unspecified atom stereocenters. The molecular weight excluding hydrogens is 174 g/mol. The molecular formula is C10H12F2O. The van der Waals surface area contributed by atoms with Gasteiger partial charge in [0.15, 0.2) is 0 Å². The molecule has 0 aromatic heterocycles. The summed E-state index contributed by atoms with van der Waals surface area (Å²) in [6, 6.07) is 6.31. The topological polar surface area (TPSA) is 20.2 Å². The van der Waals surface area contributed by atoms with Gasteiger partial charge in [-0.1, -0.05) is 12.1 Å². The fourth-order valence-electron chi connectivity index (χ4n) is 1.03. The van der Waals surface area contributed by atoms with E-state index in [1.54, 1.807) is 12.1 Å². The second-order valence-corrected chi connectivity index (χ2v) is 3.24. The zero-order valence-electron chi connectivity index (χ0n) is 7.43. The number of phenols is 1. The largest absolute Gasteiger partial charge is 0.508 e. The molecule has 0 atom stereocenters. The molecule has 0 bridgehead atoms. The fourth-order valence-corrected chi connectivity index (χ4v) is 1.03. The number of hydrogen-bond donors (Lipinski definition) is 1. The first-order chi connectivity index (χ1) is 5.97. The van der Waals surface area contributed by atoms with Crippen molar-refractivity contribution < 1.29 is 13.9 Å². The van der Waals surface area contributed by atoms with E-state index in [1.807, 2.05) is 0 Å². The van der Waals surface area contributed by atoms with Crippen molar-refractivity contribution in [3.63, 3.8) is 0 Å². The van der Waals surface area contributed by atoms with E-state index in [2.05, 4.69) is 0 Å². The van der Waals surface area contributed by atoms with E-state index in [1.165, 1.54) is 12.1 Å². The average Bonchev–Trinajstić information content (AvgIpc) is 2.02. The van der Waals surface area contributed by atoms with E-state index in [0.29, 0.717) is 6.42 Å². The van der Waals surface area contributed by atoms with Gasteiger partial charge in [0.05, 0.1) is 0 Å². The Hall–Kier alpha value is -1.12. The molecule has 0 heterocycles.